The third-order valence-corrected chi connectivity index (χ3v) is 2.97. The van der Waals surface area contributed by atoms with Crippen LogP contribution >= 0.6 is 0 Å². The second kappa shape index (κ2) is 3.71. The molecule has 0 aromatic heterocycles. The van der Waals surface area contributed by atoms with Gasteiger partial charge in [0, 0.05) is 6.54 Å². The van der Waals surface area contributed by atoms with Crippen molar-refractivity contribution in [1.82, 2.24) is 0 Å². The van der Waals surface area contributed by atoms with Crippen LogP contribution in [-0.4, -0.2) is 11.7 Å². The van der Waals surface area contributed by atoms with Crippen LogP contribution in [0.5, 0.6) is 0 Å². The molecule has 1 aromatic rings. The minimum Gasteiger partial charge on any atom is -0.384 e. The fourth-order valence-electron chi connectivity index (χ4n) is 1.87. The molecular weight excluding hydrogens is 174 g/mol. The maximum absolute atomic E-state index is 10.4. The highest BCUT2D eigenvalue weighted by Crippen LogP contribution is 2.40. The molecule has 0 radical (unpaired) electrons. The largest absolute Gasteiger partial charge is 0.384 e. The van der Waals surface area contributed by atoms with Crippen LogP contribution in [0.4, 0.5) is 0 Å². The summed E-state index contributed by atoms with van der Waals surface area (Å²) in [6.45, 7) is 0.313. The van der Waals surface area contributed by atoms with E-state index in [-0.39, 0.29) is 0 Å². The Balaban J connectivity index is 2.17. The van der Waals surface area contributed by atoms with Crippen LogP contribution in [0.2, 0.25) is 0 Å². The molecule has 1 aliphatic carbocycles. The lowest BCUT2D eigenvalue weighted by Crippen LogP contribution is -2.35. The van der Waals surface area contributed by atoms with Gasteiger partial charge in [-0.3, -0.25) is 0 Å². The van der Waals surface area contributed by atoms with Crippen molar-refractivity contribution in [1.29, 1.82) is 0 Å². The normalized spacial score (nSPS) is 20.4. The highest BCUT2D eigenvalue weighted by Gasteiger charge is 2.35. The molecular formula is C12H17NO. The molecule has 1 fully saturated rings. The molecule has 2 heteroatoms. The average Bonchev–Trinajstić information content (AvgIpc) is 3.03. The van der Waals surface area contributed by atoms with Crippen LogP contribution in [0, 0.1) is 5.92 Å². The second-order valence-electron chi connectivity index (χ2n) is 4.25. The summed E-state index contributed by atoms with van der Waals surface area (Å²) in [5.74, 6) is 0.684. The molecule has 1 aliphatic rings. The van der Waals surface area contributed by atoms with E-state index in [4.69, 9.17) is 5.73 Å². The van der Waals surface area contributed by atoms with Crippen LogP contribution in [0.25, 0.3) is 0 Å². The first-order valence-electron chi connectivity index (χ1n) is 5.22. The maximum Gasteiger partial charge on any atom is 0.102 e. The number of hydrogen-bond acceptors (Lipinski definition) is 2. The van der Waals surface area contributed by atoms with Gasteiger partial charge in [-0.15, -0.1) is 0 Å². The number of nitrogens with two attached hydrogens (primary N) is 1. The van der Waals surface area contributed by atoms with Crippen molar-refractivity contribution in [2.24, 2.45) is 11.7 Å². The molecule has 1 atom stereocenters. The number of hydrogen-bond donors (Lipinski definition) is 2. The Morgan fingerprint density at radius 1 is 1.29 bits per heavy atom. The van der Waals surface area contributed by atoms with Gasteiger partial charge in [0.15, 0.2) is 0 Å². The number of aliphatic hydroxyl groups is 1. The van der Waals surface area contributed by atoms with Gasteiger partial charge in [0.25, 0.3) is 0 Å². The zero-order chi connectivity index (χ0) is 10.0. The molecule has 0 heterocycles. The first kappa shape index (κ1) is 9.69. The second-order valence-corrected chi connectivity index (χ2v) is 4.25. The molecule has 1 saturated carbocycles. The quantitative estimate of drug-likeness (QED) is 0.760. The van der Waals surface area contributed by atoms with Crippen LogP contribution < -0.4 is 5.73 Å². The molecule has 76 valence electrons. The van der Waals surface area contributed by atoms with Gasteiger partial charge in [0.05, 0.1) is 0 Å². The van der Waals surface area contributed by atoms with Crippen molar-refractivity contribution in [3.8, 4) is 0 Å². The highest BCUT2D eigenvalue weighted by molar-refractivity contribution is 5.23. The summed E-state index contributed by atoms with van der Waals surface area (Å²) < 4.78 is 0. The van der Waals surface area contributed by atoms with Gasteiger partial charge in [-0.05, 0) is 17.9 Å². The summed E-state index contributed by atoms with van der Waals surface area (Å²) in [4.78, 5) is 0. The van der Waals surface area contributed by atoms with E-state index < -0.39 is 5.60 Å². The zero-order valence-corrected chi connectivity index (χ0v) is 8.32. The first-order valence-corrected chi connectivity index (χ1v) is 5.22. The van der Waals surface area contributed by atoms with E-state index in [0.29, 0.717) is 12.5 Å². The molecule has 0 bridgehead atoms. The summed E-state index contributed by atoms with van der Waals surface area (Å²) >= 11 is 0. The molecule has 0 aliphatic heterocycles. The Morgan fingerprint density at radius 3 is 2.43 bits per heavy atom. The van der Waals surface area contributed by atoms with Gasteiger partial charge in [-0.2, -0.15) is 0 Å². The van der Waals surface area contributed by atoms with Gasteiger partial charge >= 0.3 is 0 Å². The van der Waals surface area contributed by atoms with Crippen molar-refractivity contribution in [3.63, 3.8) is 0 Å². The van der Waals surface area contributed by atoms with E-state index >= 15 is 0 Å². The summed E-state index contributed by atoms with van der Waals surface area (Å²) in [7, 11) is 0. The summed E-state index contributed by atoms with van der Waals surface area (Å²) in [6.07, 6.45) is 3.30. The lowest BCUT2D eigenvalue weighted by molar-refractivity contribution is 0.0309. The topological polar surface area (TPSA) is 46.2 Å². The lowest BCUT2D eigenvalue weighted by Gasteiger charge is -2.27. The van der Waals surface area contributed by atoms with E-state index in [1.54, 1.807) is 0 Å². The lowest BCUT2D eigenvalue weighted by atomic mass is 9.88. The fraction of sp³-hybridized carbons (Fsp3) is 0.500. The third-order valence-electron chi connectivity index (χ3n) is 2.97. The van der Waals surface area contributed by atoms with Gasteiger partial charge < -0.3 is 10.8 Å². The Morgan fingerprint density at radius 2 is 1.93 bits per heavy atom. The highest BCUT2D eigenvalue weighted by atomic mass is 16.3. The molecule has 0 spiro atoms. The molecule has 14 heavy (non-hydrogen) atoms. The Kier molecular flexibility index (Phi) is 2.57. The fourth-order valence-corrected chi connectivity index (χ4v) is 1.87. The Bertz CT molecular complexity index is 294. The molecule has 0 amide bonds. The standard InChI is InChI=1S/C12H17NO/c13-9-12(14,8-10-6-7-10)11-4-2-1-3-5-11/h1-5,10,14H,6-9,13H2. The van der Waals surface area contributed by atoms with Crippen molar-refractivity contribution in [2.45, 2.75) is 24.9 Å². The molecule has 2 nitrogen and oxygen atoms in total. The Labute approximate surface area is 84.7 Å². The summed E-state index contributed by atoms with van der Waals surface area (Å²) in [5.41, 5.74) is 5.82. The van der Waals surface area contributed by atoms with Crippen molar-refractivity contribution >= 4 is 0 Å². The number of benzene rings is 1. The minimum absolute atomic E-state index is 0.313. The van der Waals surface area contributed by atoms with E-state index in [1.165, 1.54) is 12.8 Å². The maximum atomic E-state index is 10.4. The van der Waals surface area contributed by atoms with Crippen molar-refractivity contribution in [3.05, 3.63) is 35.9 Å². The average molecular weight is 191 g/mol. The molecule has 2 rings (SSSR count). The SMILES string of the molecule is NCC(O)(CC1CC1)c1ccccc1. The molecule has 3 N–H and O–H groups in total. The van der Waals surface area contributed by atoms with Crippen LogP contribution in [0.1, 0.15) is 24.8 Å². The summed E-state index contributed by atoms with van der Waals surface area (Å²) in [5, 5.41) is 10.4. The van der Waals surface area contributed by atoms with Gasteiger partial charge in [0.2, 0.25) is 0 Å². The smallest absolute Gasteiger partial charge is 0.102 e. The van der Waals surface area contributed by atoms with Crippen LogP contribution in [0.3, 0.4) is 0 Å². The molecule has 1 aromatic carbocycles. The van der Waals surface area contributed by atoms with Gasteiger partial charge in [-0.1, -0.05) is 43.2 Å². The van der Waals surface area contributed by atoms with Gasteiger partial charge in [-0.25, -0.2) is 0 Å². The third kappa shape index (κ3) is 1.97. The Hall–Kier alpha value is -0.860. The van der Waals surface area contributed by atoms with E-state index in [9.17, 15) is 5.11 Å². The van der Waals surface area contributed by atoms with E-state index in [2.05, 4.69) is 0 Å². The minimum atomic E-state index is -0.803. The zero-order valence-electron chi connectivity index (χ0n) is 8.32. The summed E-state index contributed by atoms with van der Waals surface area (Å²) in [6, 6.07) is 9.76. The van der Waals surface area contributed by atoms with Crippen LogP contribution in [0.15, 0.2) is 30.3 Å². The van der Waals surface area contributed by atoms with E-state index in [0.717, 1.165) is 12.0 Å². The molecule has 1 unspecified atom stereocenters. The first-order chi connectivity index (χ1) is 6.74. The van der Waals surface area contributed by atoms with Crippen LogP contribution in [-0.2, 0) is 5.60 Å². The van der Waals surface area contributed by atoms with Gasteiger partial charge in [0.1, 0.15) is 5.60 Å². The van der Waals surface area contributed by atoms with Crippen molar-refractivity contribution in [2.75, 3.05) is 6.54 Å². The predicted octanol–water partition coefficient (Wildman–Crippen LogP) is 1.63. The monoisotopic (exact) mass is 191 g/mol. The number of rotatable bonds is 4. The van der Waals surface area contributed by atoms with Crippen molar-refractivity contribution < 1.29 is 5.11 Å². The predicted molar refractivity (Wildman–Crippen MR) is 56.7 cm³/mol. The molecule has 0 saturated heterocycles. The van der Waals surface area contributed by atoms with E-state index in [1.807, 2.05) is 30.3 Å².